The second kappa shape index (κ2) is 6.73. The first-order valence-corrected chi connectivity index (χ1v) is 5.67. The standard InChI is InChI=1S/C12H17NO4/c1-3-16-11(14)7-9-5-6-10(13-9)8-12(15)17-4-2/h7-8,13H,3-6H2,1-2H3/b9-7-,10-8+. The van der Waals surface area contributed by atoms with Gasteiger partial charge in [0.15, 0.2) is 0 Å². The van der Waals surface area contributed by atoms with Gasteiger partial charge in [-0.15, -0.1) is 0 Å². The van der Waals surface area contributed by atoms with Crippen LogP contribution in [0.4, 0.5) is 0 Å². The number of carbonyl (C=O) groups is 2. The van der Waals surface area contributed by atoms with Crippen molar-refractivity contribution in [2.45, 2.75) is 26.7 Å². The molecule has 1 fully saturated rings. The number of hydrogen-bond acceptors (Lipinski definition) is 5. The molecule has 0 unspecified atom stereocenters. The molecule has 5 nitrogen and oxygen atoms in total. The van der Waals surface area contributed by atoms with Crippen LogP contribution in [-0.4, -0.2) is 25.2 Å². The minimum Gasteiger partial charge on any atom is -0.463 e. The third-order valence-corrected chi connectivity index (χ3v) is 2.14. The van der Waals surface area contributed by atoms with Gasteiger partial charge in [0.25, 0.3) is 0 Å². The number of allylic oxidation sites excluding steroid dienone is 2. The molecule has 94 valence electrons. The lowest BCUT2D eigenvalue weighted by molar-refractivity contribution is -0.138. The summed E-state index contributed by atoms with van der Waals surface area (Å²) in [7, 11) is 0. The van der Waals surface area contributed by atoms with Crippen LogP contribution in [0.3, 0.4) is 0 Å². The van der Waals surface area contributed by atoms with Gasteiger partial charge in [-0.05, 0) is 26.7 Å². The molecule has 17 heavy (non-hydrogen) atoms. The van der Waals surface area contributed by atoms with E-state index in [4.69, 9.17) is 9.47 Å². The molecule has 1 saturated heterocycles. The Kier molecular flexibility index (Phi) is 5.26. The van der Waals surface area contributed by atoms with Gasteiger partial charge in [-0.2, -0.15) is 0 Å². The average Bonchev–Trinajstić information content (AvgIpc) is 2.66. The molecule has 0 radical (unpaired) electrons. The van der Waals surface area contributed by atoms with Gasteiger partial charge in [0, 0.05) is 23.5 Å². The van der Waals surface area contributed by atoms with E-state index < -0.39 is 0 Å². The fourth-order valence-corrected chi connectivity index (χ4v) is 1.47. The van der Waals surface area contributed by atoms with Crippen LogP contribution in [0.2, 0.25) is 0 Å². The number of carbonyl (C=O) groups excluding carboxylic acids is 2. The summed E-state index contributed by atoms with van der Waals surface area (Å²) >= 11 is 0. The van der Waals surface area contributed by atoms with Crippen molar-refractivity contribution in [3.63, 3.8) is 0 Å². The van der Waals surface area contributed by atoms with E-state index in [-0.39, 0.29) is 11.9 Å². The van der Waals surface area contributed by atoms with E-state index in [1.807, 2.05) is 0 Å². The van der Waals surface area contributed by atoms with Crippen LogP contribution in [0.15, 0.2) is 23.5 Å². The van der Waals surface area contributed by atoms with E-state index in [9.17, 15) is 9.59 Å². The molecule has 1 N–H and O–H groups in total. The highest BCUT2D eigenvalue weighted by Gasteiger charge is 2.14. The molecule has 5 heteroatoms. The van der Waals surface area contributed by atoms with E-state index in [0.29, 0.717) is 26.1 Å². The lowest BCUT2D eigenvalue weighted by Gasteiger charge is -2.01. The van der Waals surface area contributed by atoms with Crippen molar-refractivity contribution in [1.82, 2.24) is 5.32 Å². The number of nitrogens with one attached hydrogen (secondary N) is 1. The first-order chi connectivity index (χ1) is 8.15. The number of esters is 2. The Morgan fingerprint density at radius 1 is 1.06 bits per heavy atom. The molecular weight excluding hydrogens is 222 g/mol. The highest BCUT2D eigenvalue weighted by atomic mass is 16.5. The van der Waals surface area contributed by atoms with Gasteiger partial charge in [0.2, 0.25) is 0 Å². The van der Waals surface area contributed by atoms with Crippen molar-refractivity contribution in [3.8, 4) is 0 Å². The maximum atomic E-state index is 11.2. The van der Waals surface area contributed by atoms with Crippen LogP contribution < -0.4 is 5.32 Å². The van der Waals surface area contributed by atoms with Crippen LogP contribution in [0.1, 0.15) is 26.7 Å². The van der Waals surface area contributed by atoms with E-state index >= 15 is 0 Å². The summed E-state index contributed by atoms with van der Waals surface area (Å²) in [6, 6.07) is 0. The highest BCUT2D eigenvalue weighted by molar-refractivity contribution is 5.84. The van der Waals surface area contributed by atoms with E-state index in [0.717, 1.165) is 11.4 Å². The van der Waals surface area contributed by atoms with Crippen LogP contribution in [0.25, 0.3) is 0 Å². The summed E-state index contributed by atoms with van der Waals surface area (Å²) < 4.78 is 9.58. The summed E-state index contributed by atoms with van der Waals surface area (Å²) in [6.45, 7) is 4.22. The quantitative estimate of drug-likeness (QED) is 0.591. The maximum Gasteiger partial charge on any atom is 0.332 e. The molecule has 0 saturated carbocycles. The van der Waals surface area contributed by atoms with Crippen LogP contribution in [0, 0.1) is 0 Å². The van der Waals surface area contributed by atoms with Gasteiger partial charge in [-0.25, -0.2) is 9.59 Å². The second-order valence-corrected chi connectivity index (χ2v) is 3.47. The summed E-state index contributed by atoms with van der Waals surface area (Å²) in [4.78, 5) is 22.4. The monoisotopic (exact) mass is 239 g/mol. The largest absolute Gasteiger partial charge is 0.463 e. The number of hydrogen-bond donors (Lipinski definition) is 1. The zero-order chi connectivity index (χ0) is 12.7. The Morgan fingerprint density at radius 3 is 1.82 bits per heavy atom. The lowest BCUT2D eigenvalue weighted by atomic mass is 10.2. The Labute approximate surface area is 100 Å². The zero-order valence-electron chi connectivity index (χ0n) is 10.1. The van der Waals surface area contributed by atoms with Crippen molar-refractivity contribution in [2.24, 2.45) is 0 Å². The van der Waals surface area contributed by atoms with E-state index in [1.165, 1.54) is 12.2 Å². The Bertz CT molecular complexity index is 324. The first kappa shape index (κ1) is 13.3. The summed E-state index contributed by atoms with van der Waals surface area (Å²) in [5, 5.41) is 2.99. The Morgan fingerprint density at radius 2 is 1.47 bits per heavy atom. The topological polar surface area (TPSA) is 64.6 Å². The van der Waals surface area contributed by atoms with Gasteiger partial charge >= 0.3 is 11.9 Å². The van der Waals surface area contributed by atoms with Gasteiger partial charge in [-0.3, -0.25) is 0 Å². The molecular formula is C12H17NO4. The fourth-order valence-electron chi connectivity index (χ4n) is 1.47. The number of ether oxygens (including phenoxy) is 2. The molecule has 1 rings (SSSR count). The van der Waals surface area contributed by atoms with Gasteiger partial charge in [0.05, 0.1) is 13.2 Å². The third kappa shape index (κ3) is 4.72. The van der Waals surface area contributed by atoms with Crippen molar-refractivity contribution >= 4 is 11.9 Å². The predicted octanol–water partition coefficient (Wildman–Crippen LogP) is 1.26. The van der Waals surface area contributed by atoms with Gasteiger partial charge in [-0.1, -0.05) is 0 Å². The summed E-state index contributed by atoms with van der Waals surface area (Å²) in [5.41, 5.74) is 1.53. The summed E-state index contributed by atoms with van der Waals surface area (Å²) in [5.74, 6) is -0.736. The van der Waals surface area contributed by atoms with E-state index in [2.05, 4.69) is 5.32 Å². The average molecular weight is 239 g/mol. The van der Waals surface area contributed by atoms with Crippen LogP contribution >= 0.6 is 0 Å². The molecule has 1 aliphatic rings. The lowest BCUT2D eigenvalue weighted by Crippen LogP contribution is -2.09. The molecule has 0 aromatic rings. The molecule has 0 spiro atoms. The predicted molar refractivity (Wildman–Crippen MR) is 61.8 cm³/mol. The third-order valence-electron chi connectivity index (χ3n) is 2.14. The summed E-state index contributed by atoms with van der Waals surface area (Å²) in [6.07, 6.45) is 4.22. The van der Waals surface area contributed by atoms with Crippen LogP contribution in [-0.2, 0) is 19.1 Å². The molecule has 1 heterocycles. The highest BCUT2D eigenvalue weighted by Crippen LogP contribution is 2.18. The van der Waals surface area contributed by atoms with Crippen LogP contribution in [0.5, 0.6) is 0 Å². The Hall–Kier alpha value is -1.78. The second-order valence-electron chi connectivity index (χ2n) is 3.47. The molecule has 1 aliphatic heterocycles. The van der Waals surface area contributed by atoms with Gasteiger partial charge < -0.3 is 14.8 Å². The Balaban J connectivity index is 2.52. The maximum absolute atomic E-state index is 11.2. The normalized spacial score (nSPS) is 19.2. The fraction of sp³-hybridized carbons (Fsp3) is 0.500. The number of rotatable bonds is 4. The molecule has 0 aliphatic carbocycles. The van der Waals surface area contributed by atoms with Crippen molar-refractivity contribution in [1.29, 1.82) is 0 Å². The molecule has 0 bridgehead atoms. The molecule has 0 aromatic carbocycles. The van der Waals surface area contributed by atoms with Gasteiger partial charge in [0.1, 0.15) is 0 Å². The smallest absolute Gasteiger partial charge is 0.332 e. The van der Waals surface area contributed by atoms with Crippen molar-refractivity contribution in [2.75, 3.05) is 13.2 Å². The molecule has 0 atom stereocenters. The minimum atomic E-state index is -0.368. The van der Waals surface area contributed by atoms with Crippen molar-refractivity contribution in [3.05, 3.63) is 23.5 Å². The van der Waals surface area contributed by atoms with Crippen molar-refractivity contribution < 1.29 is 19.1 Å². The van der Waals surface area contributed by atoms with E-state index in [1.54, 1.807) is 13.8 Å². The zero-order valence-corrected chi connectivity index (χ0v) is 10.1. The minimum absolute atomic E-state index is 0.355. The molecule has 0 amide bonds. The first-order valence-electron chi connectivity index (χ1n) is 5.67. The molecule has 0 aromatic heterocycles. The SMILES string of the molecule is CCOC(=O)/C=C1/CC/C(=C\C(=O)OCC)N1.